The Labute approximate surface area is 252 Å². The van der Waals surface area contributed by atoms with Crippen molar-refractivity contribution in [3.05, 3.63) is 130 Å². The molecule has 0 atom stereocenters. The number of hydrogen-bond acceptors (Lipinski definition) is 3. The molecule has 6 aromatic rings. The number of halogens is 4. The molecule has 2 heterocycles. The number of hydrogen-bond donors (Lipinski definition) is 0. The van der Waals surface area contributed by atoms with Crippen LogP contribution in [0.1, 0.15) is 27.8 Å². The molecule has 6 rings (SSSR count). The zero-order chi connectivity index (χ0) is 30.3. The lowest BCUT2D eigenvalue weighted by Gasteiger charge is -2.13. The lowest BCUT2D eigenvalue weighted by molar-refractivity contribution is -0.136. The highest BCUT2D eigenvalue weighted by atomic mass is 35.5. The zero-order valence-corrected chi connectivity index (χ0v) is 24.5. The molecule has 0 radical (unpaired) electrons. The normalized spacial score (nSPS) is 11.7. The van der Waals surface area contributed by atoms with Crippen LogP contribution in [0.3, 0.4) is 0 Å². The zero-order valence-electron chi connectivity index (χ0n) is 23.7. The number of aryl methyl sites for hydroxylation is 3. The molecule has 0 aliphatic heterocycles. The van der Waals surface area contributed by atoms with Crippen LogP contribution in [0.25, 0.3) is 39.2 Å². The highest BCUT2D eigenvalue weighted by molar-refractivity contribution is 6.31. The SMILES string of the molecule is Cc1ccc(-c2nn(-c3ccc(C)c(Cl)c3)c3nc(-c4ccc(OCc5ccccc5C)cc4)cc(C(F)(F)F)c23)cc1. The molecule has 0 saturated carbocycles. The average molecular weight is 598 g/mol. The topological polar surface area (TPSA) is 39.9 Å². The molecule has 0 amide bonds. The molecule has 0 N–H and O–H groups in total. The molecule has 0 spiro atoms. The Hall–Kier alpha value is -4.62. The van der Waals surface area contributed by atoms with Gasteiger partial charge in [-0.2, -0.15) is 18.3 Å². The van der Waals surface area contributed by atoms with Crippen molar-refractivity contribution < 1.29 is 17.9 Å². The fourth-order valence-electron chi connectivity index (χ4n) is 4.95. The fourth-order valence-corrected chi connectivity index (χ4v) is 5.12. The number of ether oxygens (including phenoxy) is 1. The van der Waals surface area contributed by atoms with Gasteiger partial charge < -0.3 is 4.74 Å². The lowest BCUT2D eigenvalue weighted by Crippen LogP contribution is -2.08. The van der Waals surface area contributed by atoms with Gasteiger partial charge in [-0.05, 0) is 79.9 Å². The van der Waals surface area contributed by atoms with Crippen LogP contribution in [0.5, 0.6) is 5.75 Å². The Kier molecular flexibility index (Phi) is 7.44. The number of fused-ring (bicyclic) bond motifs is 1. The second-order valence-corrected chi connectivity index (χ2v) is 11.0. The minimum absolute atomic E-state index is 0.0741. The van der Waals surface area contributed by atoms with Crippen molar-refractivity contribution in [3.63, 3.8) is 0 Å². The van der Waals surface area contributed by atoms with Gasteiger partial charge in [0.05, 0.1) is 22.3 Å². The second kappa shape index (κ2) is 11.2. The summed E-state index contributed by atoms with van der Waals surface area (Å²) in [4.78, 5) is 4.76. The Morgan fingerprint density at radius 2 is 1.49 bits per heavy atom. The third kappa shape index (κ3) is 5.73. The standard InChI is InChI=1S/C35H27ClF3N3O/c1-21-8-11-25(12-9-21)33-32-29(35(37,38)39)19-31(40-34(32)42(41-33)27-15-10-23(3)30(36)18-27)24-13-16-28(17-14-24)43-20-26-7-5-4-6-22(26)2/h4-19H,20H2,1-3H3. The van der Waals surface area contributed by atoms with E-state index in [4.69, 9.17) is 21.3 Å². The summed E-state index contributed by atoms with van der Waals surface area (Å²) in [6, 6.07) is 28.4. The predicted octanol–water partition coefficient (Wildman–Crippen LogP) is 9.93. The Bertz CT molecular complexity index is 1950. The van der Waals surface area contributed by atoms with E-state index >= 15 is 0 Å². The minimum Gasteiger partial charge on any atom is -0.489 e. The summed E-state index contributed by atoms with van der Waals surface area (Å²) in [5.41, 5.74) is 5.22. The van der Waals surface area contributed by atoms with Gasteiger partial charge in [0, 0.05) is 16.1 Å². The van der Waals surface area contributed by atoms with Crippen LogP contribution in [0.15, 0.2) is 97.1 Å². The van der Waals surface area contributed by atoms with E-state index in [1.807, 2.05) is 57.2 Å². The summed E-state index contributed by atoms with van der Waals surface area (Å²) >= 11 is 6.42. The molecule has 0 saturated heterocycles. The summed E-state index contributed by atoms with van der Waals surface area (Å²) in [5, 5.41) is 5.09. The van der Waals surface area contributed by atoms with Gasteiger partial charge in [0.2, 0.25) is 0 Å². The van der Waals surface area contributed by atoms with E-state index in [0.717, 1.165) is 28.3 Å². The van der Waals surface area contributed by atoms with E-state index in [-0.39, 0.29) is 22.4 Å². The highest BCUT2D eigenvalue weighted by Crippen LogP contribution is 2.42. The van der Waals surface area contributed by atoms with Crippen LogP contribution in [0, 0.1) is 20.8 Å². The maximum Gasteiger partial charge on any atom is 0.417 e. The molecule has 2 aromatic heterocycles. The van der Waals surface area contributed by atoms with E-state index in [1.165, 1.54) is 4.68 Å². The molecular weight excluding hydrogens is 571 g/mol. The summed E-state index contributed by atoms with van der Waals surface area (Å²) in [6.07, 6.45) is -4.66. The van der Waals surface area contributed by atoms with Gasteiger partial charge in [0.1, 0.15) is 18.1 Å². The van der Waals surface area contributed by atoms with E-state index in [2.05, 4.69) is 5.10 Å². The van der Waals surface area contributed by atoms with Crippen LogP contribution < -0.4 is 4.74 Å². The van der Waals surface area contributed by atoms with Crippen molar-refractivity contribution in [2.75, 3.05) is 0 Å². The monoisotopic (exact) mass is 597 g/mol. The van der Waals surface area contributed by atoms with Gasteiger partial charge in [-0.25, -0.2) is 9.67 Å². The third-order valence-electron chi connectivity index (χ3n) is 7.47. The van der Waals surface area contributed by atoms with Gasteiger partial charge in [-0.1, -0.05) is 71.8 Å². The van der Waals surface area contributed by atoms with Gasteiger partial charge in [0.15, 0.2) is 5.65 Å². The maximum absolute atomic E-state index is 14.8. The molecule has 0 aliphatic rings. The van der Waals surface area contributed by atoms with Crippen molar-refractivity contribution in [1.82, 2.24) is 14.8 Å². The van der Waals surface area contributed by atoms with Gasteiger partial charge in [-0.3, -0.25) is 0 Å². The molecule has 8 heteroatoms. The molecule has 216 valence electrons. The largest absolute Gasteiger partial charge is 0.489 e. The molecule has 0 bridgehead atoms. The van der Waals surface area contributed by atoms with E-state index in [9.17, 15) is 13.2 Å². The lowest BCUT2D eigenvalue weighted by atomic mass is 10.0. The molecule has 4 nitrogen and oxygen atoms in total. The minimum atomic E-state index is -4.66. The number of rotatable bonds is 6. The van der Waals surface area contributed by atoms with Crippen molar-refractivity contribution >= 4 is 22.6 Å². The molecular formula is C35H27ClF3N3O. The van der Waals surface area contributed by atoms with E-state index in [0.29, 0.717) is 34.2 Å². The summed E-state index contributed by atoms with van der Waals surface area (Å²) < 4.78 is 51.6. The first-order valence-corrected chi connectivity index (χ1v) is 14.1. The predicted molar refractivity (Wildman–Crippen MR) is 165 cm³/mol. The summed E-state index contributed by atoms with van der Waals surface area (Å²) in [7, 11) is 0. The smallest absolute Gasteiger partial charge is 0.417 e. The third-order valence-corrected chi connectivity index (χ3v) is 7.88. The first-order chi connectivity index (χ1) is 20.6. The van der Waals surface area contributed by atoms with Gasteiger partial charge >= 0.3 is 6.18 Å². The average Bonchev–Trinajstić information content (AvgIpc) is 3.37. The van der Waals surface area contributed by atoms with Crippen LogP contribution in [0.2, 0.25) is 5.02 Å². The first kappa shape index (κ1) is 28.5. The first-order valence-electron chi connectivity index (χ1n) is 13.7. The van der Waals surface area contributed by atoms with Gasteiger partial charge in [-0.15, -0.1) is 0 Å². The van der Waals surface area contributed by atoms with Crippen molar-refractivity contribution in [3.8, 4) is 34.0 Å². The quantitative estimate of drug-likeness (QED) is 0.192. The number of alkyl halides is 3. The summed E-state index contributed by atoms with van der Waals surface area (Å²) in [5.74, 6) is 0.602. The fraction of sp³-hybridized carbons (Fsp3) is 0.143. The van der Waals surface area contributed by atoms with Crippen LogP contribution in [0.4, 0.5) is 13.2 Å². The number of pyridine rings is 1. The van der Waals surface area contributed by atoms with Crippen LogP contribution in [-0.4, -0.2) is 14.8 Å². The second-order valence-electron chi connectivity index (χ2n) is 10.6. The van der Waals surface area contributed by atoms with E-state index < -0.39 is 11.7 Å². The highest BCUT2D eigenvalue weighted by Gasteiger charge is 2.36. The Morgan fingerprint density at radius 1 is 0.791 bits per heavy atom. The molecule has 0 aliphatic carbocycles. The maximum atomic E-state index is 14.8. The van der Waals surface area contributed by atoms with Crippen LogP contribution >= 0.6 is 11.6 Å². The molecule has 0 fully saturated rings. The number of nitrogens with zero attached hydrogens (tertiary/aromatic N) is 3. The number of benzene rings is 4. The van der Waals surface area contributed by atoms with E-state index in [1.54, 1.807) is 54.6 Å². The summed E-state index contributed by atoms with van der Waals surface area (Å²) in [6.45, 7) is 6.18. The molecule has 43 heavy (non-hydrogen) atoms. The number of aromatic nitrogens is 3. The molecule has 4 aromatic carbocycles. The Morgan fingerprint density at radius 3 is 2.16 bits per heavy atom. The van der Waals surface area contributed by atoms with Crippen molar-refractivity contribution in [2.45, 2.75) is 33.6 Å². The van der Waals surface area contributed by atoms with Crippen LogP contribution in [-0.2, 0) is 12.8 Å². The van der Waals surface area contributed by atoms with Gasteiger partial charge in [0.25, 0.3) is 0 Å². The molecule has 0 unspecified atom stereocenters. The Balaban J connectivity index is 1.49. The van der Waals surface area contributed by atoms with Crippen molar-refractivity contribution in [2.24, 2.45) is 0 Å². The van der Waals surface area contributed by atoms with Crippen molar-refractivity contribution in [1.29, 1.82) is 0 Å².